The van der Waals surface area contributed by atoms with Gasteiger partial charge in [-0.15, -0.1) is 0 Å². The zero-order chi connectivity index (χ0) is 7.44. The summed E-state index contributed by atoms with van der Waals surface area (Å²) in [6, 6.07) is 0. The highest BCUT2D eigenvalue weighted by Crippen LogP contribution is 1.91. The van der Waals surface area contributed by atoms with Gasteiger partial charge in [0.05, 0.1) is 9.85 Å². The number of carbonyl (C=O) groups is 1. The zero-order valence-corrected chi connectivity index (χ0v) is 3.69. The number of rotatable bonds is 1. The maximum Gasteiger partial charge on any atom is 0.366 e. The lowest BCUT2D eigenvalue weighted by Gasteiger charge is -1.88. The molecule has 0 bridgehead atoms. The number of methoxy groups -OCH3 is 1. The third kappa shape index (κ3) is 1.92. The van der Waals surface area contributed by atoms with Crippen molar-refractivity contribution in [1.29, 1.82) is 0 Å². The Morgan fingerprint density at radius 2 is 2.71 bits per heavy atom. The van der Waals surface area contributed by atoms with E-state index in [4.69, 9.17) is 2.74 Å². The van der Waals surface area contributed by atoms with Gasteiger partial charge in [-0.25, -0.2) is 4.79 Å². The van der Waals surface area contributed by atoms with Crippen molar-refractivity contribution in [2.45, 2.75) is 0 Å². The van der Waals surface area contributed by atoms with Crippen molar-refractivity contribution >= 4 is 5.97 Å². The van der Waals surface area contributed by atoms with Gasteiger partial charge >= 0.3 is 5.97 Å². The molecular formula is C4H5FO2. The third-order valence-corrected chi connectivity index (χ3v) is 0.365. The van der Waals surface area contributed by atoms with Gasteiger partial charge in [0, 0.05) is 0 Å². The van der Waals surface area contributed by atoms with Crippen LogP contribution in [0.2, 0.25) is 0 Å². The first-order valence-corrected chi connectivity index (χ1v) is 1.51. The summed E-state index contributed by atoms with van der Waals surface area (Å²) in [6.07, 6.45) is 0. The molecule has 0 unspecified atom stereocenters. The minimum absolute atomic E-state index is 0.977. The van der Waals surface area contributed by atoms with Crippen LogP contribution < -0.4 is 0 Å². The second-order valence-corrected chi connectivity index (χ2v) is 0.806. The predicted octanol–water partition coefficient (Wildman–Crippen LogP) is 0.643. The molecule has 3 heteroatoms. The SMILES string of the molecule is [2H]C([2H])=C(F)C(=O)OC. The maximum atomic E-state index is 11.9. The van der Waals surface area contributed by atoms with Gasteiger partial charge in [-0.1, -0.05) is 6.53 Å². The molecule has 0 N–H and O–H groups in total. The number of halogens is 1. The van der Waals surface area contributed by atoms with Crippen LogP contribution in [0.3, 0.4) is 0 Å². The average molecular weight is 106 g/mol. The number of esters is 1. The molecule has 0 rings (SSSR count). The molecule has 7 heavy (non-hydrogen) atoms. The molecule has 0 aliphatic heterocycles. The second kappa shape index (κ2) is 2.34. The summed E-state index contributed by atoms with van der Waals surface area (Å²) >= 11 is 0. The first-order chi connectivity index (χ1) is 4.09. The van der Waals surface area contributed by atoms with E-state index in [-0.39, 0.29) is 0 Å². The van der Waals surface area contributed by atoms with Gasteiger partial charge < -0.3 is 4.74 Å². The molecule has 0 spiro atoms. The van der Waals surface area contributed by atoms with Gasteiger partial charge in [0.1, 0.15) is 0 Å². The van der Waals surface area contributed by atoms with Crippen molar-refractivity contribution < 1.29 is 16.7 Å². The van der Waals surface area contributed by atoms with Crippen molar-refractivity contribution in [3.8, 4) is 0 Å². The van der Waals surface area contributed by atoms with Gasteiger partial charge in [-0.2, -0.15) is 4.39 Å². The van der Waals surface area contributed by atoms with E-state index >= 15 is 0 Å². The molecule has 40 valence electrons. The van der Waals surface area contributed by atoms with E-state index < -0.39 is 18.3 Å². The van der Waals surface area contributed by atoms with Gasteiger partial charge in [-0.3, -0.25) is 0 Å². The second-order valence-electron chi connectivity index (χ2n) is 0.806. The van der Waals surface area contributed by atoms with Crippen LogP contribution in [0.5, 0.6) is 0 Å². The van der Waals surface area contributed by atoms with Gasteiger partial charge in [0.25, 0.3) is 0 Å². The van der Waals surface area contributed by atoms with Crippen LogP contribution in [0, 0.1) is 0 Å². The highest BCUT2D eigenvalue weighted by atomic mass is 19.1. The molecule has 0 atom stereocenters. The fourth-order valence-corrected chi connectivity index (χ4v) is 0.0896. The molecule has 0 saturated carbocycles. The largest absolute Gasteiger partial charge is 0.464 e. The molecule has 0 radical (unpaired) electrons. The minimum Gasteiger partial charge on any atom is -0.464 e. The van der Waals surface area contributed by atoms with E-state index in [1.165, 1.54) is 0 Å². The van der Waals surface area contributed by atoms with Gasteiger partial charge in [0.2, 0.25) is 5.83 Å². The third-order valence-electron chi connectivity index (χ3n) is 0.365. The standard InChI is InChI=1S/C4H5FO2/c1-3(5)4(6)7-2/h1H2,2H3/i1D2. The summed E-state index contributed by atoms with van der Waals surface area (Å²) in [6.45, 7) is -1.16. The van der Waals surface area contributed by atoms with Crippen LogP contribution in [-0.4, -0.2) is 13.1 Å². The number of ether oxygens (including phenoxy) is 1. The lowest BCUT2D eigenvalue weighted by molar-refractivity contribution is -0.137. The number of hydrogen-bond acceptors (Lipinski definition) is 2. The topological polar surface area (TPSA) is 26.3 Å². The maximum absolute atomic E-state index is 11.9. The smallest absolute Gasteiger partial charge is 0.366 e. The van der Waals surface area contributed by atoms with E-state index in [1.54, 1.807) is 0 Å². The molecule has 0 amide bonds. The van der Waals surface area contributed by atoms with Crippen molar-refractivity contribution in [2.24, 2.45) is 0 Å². The molecule has 0 fully saturated rings. The summed E-state index contributed by atoms with van der Waals surface area (Å²) in [5, 5.41) is 0. The van der Waals surface area contributed by atoms with Crippen LogP contribution in [-0.2, 0) is 9.53 Å². The molecular weight excluding hydrogens is 99.0 g/mol. The summed E-state index contributed by atoms with van der Waals surface area (Å²) in [5.74, 6) is -2.76. The Kier molecular flexibility index (Phi) is 1.06. The summed E-state index contributed by atoms with van der Waals surface area (Å²) in [5.41, 5.74) is 0. The Hall–Kier alpha value is -0.860. The predicted molar refractivity (Wildman–Crippen MR) is 22.3 cm³/mol. The van der Waals surface area contributed by atoms with Gasteiger partial charge in [-0.05, 0) is 0 Å². The molecule has 0 aromatic carbocycles. The normalized spacial score (nSPS) is 11.1. The zero-order valence-electron chi connectivity index (χ0n) is 5.69. The molecule has 0 saturated heterocycles. The fourth-order valence-electron chi connectivity index (χ4n) is 0.0896. The number of carbonyl (C=O) groups excluding carboxylic acids is 1. The van der Waals surface area contributed by atoms with Crippen LogP contribution in [0.1, 0.15) is 2.74 Å². The van der Waals surface area contributed by atoms with Crippen molar-refractivity contribution in [3.05, 3.63) is 12.4 Å². The van der Waals surface area contributed by atoms with Crippen LogP contribution >= 0.6 is 0 Å². The highest BCUT2D eigenvalue weighted by molar-refractivity contribution is 5.84. The molecule has 0 aromatic rings. The molecule has 0 heterocycles. The molecule has 0 aromatic heterocycles. The van der Waals surface area contributed by atoms with Crippen LogP contribution in [0.25, 0.3) is 0 Å². The summed E-state index contributed by atoms with van der Waals surface area (Å²) < 4.78 is 28.4. The van der Waals surface area contributed by atoms with Gasteiger partial charge in [0.15, 0.2) is 0 Å². The molecule has 2 nitrogen and oxygen atoms in total. The van der Waals surface area contributed by atoms with Crippen LogP contribution in [0.15, 0.2) is 12.4 Å². The molecule has 0 aliphatic carbocycles. The quantitative estimate of drug-likeness (QED) is 0.362. The van der Waals surface area contributed by atoms with E-state index in [2.05, 4.69) is 4.74 Å². The Morgan fingerprint density at radius 3 is 2.86 bits per heavy atom. The fraction of sp³-hybridized carbons (Fsp3) is 0.250. The summed E-state index contributed by atoms with van der Waals surface area (Å²) in [7, 11) is 0.977. The Labute approximate surface area is 43.4 Å². The van der Waals surface area contributed by atoms with Crippen molar-refractivity contribution in [2.75, 3.05) is 7.11 Å². The lowest BCUT2D eigenvalue weighted by atomic mass is 10.6. The minimum atomic E-state index is -1.47. The first kappa shape index (κ1) is 3.18. The Bertz CT molecular complexity index is 151. The van der Waals surface area contributed by atoms with E-state index in [1.807, 2.05) is 0 Å². The first-order valence-electron chi connectivity index (χ1n) is 2.51. The Morgan fingerprint density at radius 1 is 2.14 bits per heavy atom. The van der Waals surface area contributed by atoms with Crippen LogP contribution in [0.4, 0.5) is 4.39 Å². The van der Waals surface area contributed by atoms with Crippen molar-refractivity contribution in [3.63, 3.8) is 0 Å². The average Bonchev–Trinajstić information content (AvgIpc) is 1.84. The highest BCUT2D eigenvalue weighted by Gasteiger charge is 2.01. The lowest BCUT2D eigenvalue weighted by Crippen LogP contribution is -1.97. The van der Waals surface area contributed by atoms with E-state index in [0.717, 1.165) is 7.11 Å². The van der Waals surface area contributed by atoms with E-state index in [9.17, 15) is 9.18 Å². The molecule has 0 aliphatic rings. The monoisotopic (exact) mass is 106 g/mol. The van der Waals surface area contributed by atoms with Crippen molar-refractivity contribution in [1.82, 2.24) is 0 Å². The summed E-state index contributed by atoms with van der Waals surface area (Å²) in [4.78, 5) is 10.1. The number of hydrogen-bond donors (Lipinski definition) is 0. The Balaban J connectivity index is 4.21. The van der Waals surface area contributed by atoms with E-state index in [0.29, 0.717) is 0 Å².